The van der Waals surface area contributed by atoms with Gasteiger partial charge in [0.05, 0.1) is 4.90 Å². The van der Waals surface area contributed by atoms with Crippen LogP contribution in [0.3, 0.4) is 0 Å². The van der Waals surface area contributed by atoms with Gasteiger partial charge in [0, 0.05) is 28.7 Å². The summed E-state index contributed by atoms with van der Waals surface area (Å²) in [6.07, 6.45) is 5.32. The van der Waals surface area contributed by atoms with Gasteiger partial charge in [-0.25, -0.2) is 8.42 Å². The molecule has 4 nitrogen and oxygen atoms in total. The number of piperidine rings is 1. The number of fused-ring (bicyclic) bond motifs is 2. The molecule has 2 aliphatic rings. The van der Waals surface area contributed by atoms with Gasteiger partial charge in [0.15, 0.2) is 9.84 Å². The highest BCUT2D eigenvalue weighted by atomic mass is 79.9. The summed E-state index contributed by atoms with van der Waals surface area (Å²) in [6.45, 7) is 0. The van der Waals surface area contributed by atoms with Crippen molar-refractivity contribution in [2.75, 3.05) is 6.26 Å². The molecule has 0 saturated carbocycles. The highest BCUT2D eigenvalue weighted by Gasteiger charge is 2.42. The van der Waals surface area contributed by atoms with E-state index in [1.807, 2.05) is 4.90 Å². The number of hydrogen-bond acceptors (Lipinski definition) is 3. The molecule has 2 fully saturated rings. The smallest absolute Gasteiger partial charge is 0.254 e. The third-order valence-corrected chi connectivity index (χ3v) is 6.32. The van der Waals surface area contributed by atoms with E-state index in [-0.39, 0.29) is 10.8 Å². The Hall–Kier alpha value is -0.880. The number of alkyl halides is 1. The van der Waals surface area contributed by atoms with Crippen molar-refractivity contribution in [3.63, 3.8) is 0 Å². The van der Waals surface area contributed by atoms with Crippen LogP contribution in [0.2, 0.25) is 0 Å². The molecule has 1 aromatic carbocycles. The van der Waals surface area contributed by atoms with E-state index in [0.29, 0.717) is 22.5 Å². The van der Waals surface area contributed by atoms with Gasteiger partial charge in [0.1, 0.15) is 0 Å². The van der Waals surface area contributed by atoms with Crippen molar-refractivity contribution >= 4 is 31.7 Å². The van der Waals surface area contributed by atoms with Crippen molar-refractivity contribution in [3.8, 4) is 0 Å². The van der Waals surface area contributed by atoms with E-state index in [4.69, 9.17) is 0 Å². The Bertz CT molecular complexity index is 642. The molecule has 2 unspecified atom stereocenters. The lowest BCUT2D eigenvalue weighted by Crippen LogP contribution is -2.46. The first-order valence-corrected chi connectivity index (χ1v) is 9.94. The van der Waals surface area contributed by atoms with Gasteiger partial charge in [-0.1, -0.05) is 15.9 Å². The first-order valence-electron chi connectivity index (χ1n) is 7.13. The topological polar surface area (TPSA) is 54.5 Å². The first kappa shape index (κ1) is 15.0. The van der Waals surface area contributed by atoms with Crippen LogP contribution < -0.4 is 0 Å². The van der Waals surface area contributed by atoms with Gasteiger partial charge in [-0.3, -0.25) is 4.79 Å². The number of halogens is 1. The first-order chi connectivity index (χ1) is 9.86. The molecule has 114 valence electrons. The number of hydrogen-bond donors (Lipinski definition) is 0. The molecule has 0 N–H and O–H groups in total. The van der Waals surface area contributed by atoms with Gasteiger partial charge in [0.2, 0.25) is 0 Å². The summed E-state index contributed by atoms with van der Waals surface area (Å²) in [5.74, 6) is 0.0296. The third kappa shape index (κ3) is 2.88. The number of rotatable bonds is 2. The van der Waals surface area contributed by atoms with Gasteiger partial charge in [-0.2, -0.15) is 0 Å². The Morgan fingerprint density at radius 2 is 1.67 bits per heavy atom. The summed E-state index contributed by atoms with van der Waals surface area (Å²) in [4.78, 5) is 15.5. The van der Waals surface area contributed by atoms with Crippen LogP contribution in [0.15, 0.2) is 29.2 Å². The van der Waals surface area contributed by atoms with Gasteiger partial charge in [-0.05, 0) is 49.9 Å². The number of nitrogens with zero attached hydrogens (tertiary/aromatic N) is 1. The zero-order valence-corrected chi connectivity index (χ0v) is 14.2. The molecule has 0 radical (unpaired) electrons. The van der Waals surface area contributed by atoms with Crippen LogP contribution in [-0.4, -0.2) is 42.4 Å². The Kier molecular flexibility index (Phi) is 3.86. The molecule has 0 spiro atoms. The Morgan fingerprint density at radius 1 is 1.14 bits per heavy atom. The minimum atomic E-state index is -3.22. The lowest BCUT2D eigenvalue weighted by Gasteiger charge is -2.37. The quantitative estimate of drug-likeness (QED) is 0.750. The van der Waals surface area contributed by atoms with E-state index in [0.717, 1.165) is 25.7 Å². The molecule has 2 aliphatic heterocycles. The van der Waals surface area contributed by atoms with E-state index in [1.54, 1.807) is 12.1 Å². The van der Waals surface area contributed by atoms with Gasteiger partial charge in [0.25, 0.3) is 5.91 Å². The maximum Gasteiger partial charge on any atom is 0.254 e. The van der Waals surface area contributed by atoms with Gasteiger partial charge < -0.3 is 4.90 Å². The lowest BCUT2D eigenvalue weighted by atomic mass is 10.0. The van der Waals surface area contributed by atoms with Crippen LogP contribution >= 0.6 is 15.9 Å². The van der Waals surface area contributed by atoms with Crippen LogP contribution in [0, 0.1) is 0 Å². The molecular weight excluding hydrogens is 354 g/mol. The maximum absolute atomic E-state index is 12.7. The zero-order chi connectivity index (χ0) is 15.2. The van der Waals surface area contributed by atoms with E-state index < -0.39 is 9.84 Å². The minimum Gasteiger partial charge on any atom is -0.333 e. The fourth-order valence-corrected chi connectivity index (χ4v) is 4.93. The third-order valence-electron chi connectivity index (χ3n) is 4.44. The van der Waals surface area contributed by atoms with Gasteiger partial charge in [-0.15, -0.1) is 0 Å². The fraction of sp³-hybridized carbons (Fsp3) is 0.533. The summed E-state index contributed by atoms with van der Waals surface area (Å²) in [6, 6.07) is 6.91. The van der Waals surface area contributed by atoms with Crippen LogP contribution in [-0.2, 0) is 9.84 Å². The average Bonchev–Trinajstić information content (AvgIpc) is 2.69. The monoisotopic (exact) mass is 371 g/mol. The van der Waals surface area contributed by atoms with Crippen molar-refractivity contribution in [2.45, 2.75) is 47.5 Å². The second-order valence-corrected chi connectivity index (χ2v) is 9.27. The zero-order valence-electron chi connectivity index (χ0n) is 11.8. The summed E-state index contributed by atoms with van der Waals surface area (Å²) in [7, 11) is -3.22. The molecule has 2 bridgehead atoms. The molecule has 2 saturated heterocycles. The molecule has 1 aromatic rings. The summed E-state index contributed by atoms with van der Waals surface area (Å²) < 4.78 is 22.9. The van der Waals surface area contributed by atoms with Crippen molar-refractivity contribution in [2.24, 2.45) is 0 Å². The molecule has 0 aliphatic carbocycles. The van der Waals surface area contributed by atoms with Crippen LogP contribution in [0.1, 0.15) is 36.0 Å². The lowest BCUT2D eigenvalue weighted by molar-refractivity contribution is 0.0603. The number of amides is 1. The highest BCUT2D eigenvalue weighted by Crippen LogP contribution is 2.39. The van der Waals surface area contributed by atoms with Gasteiger partial charge >= 0.3 is 0 Å². The highest BCUT2D eigenvalue weighted by molar-refractivity contribution is 9.09. The Labute approximate surface area is 133 Å². The molecular formula is C15H18BrNO3S. The van der Waals surface area contributed by atoms with E-state index in [9.17, 15) is 13.2 Å². The predicted molar refractivity (Wildman–Crippen MR) is 84.5 cm³/mol. The second kappa shape index (κ2) is 5.39. The summed E-state index contributed by atoms with van der Waals surface area (Å²) in [5.41, 5.74) is 0.576. The van der Waals surface area contributed by atoms with E-state index in [1.165, 1.54) is 18.4 Å². The second-order valence-electron chi connectivity index (χ2n) is 5.96. The Morgan fingerprint density at radius 3 is 2.14 bits per heavy atom. The number of benzene rings is 1. The standard InChI is InChI=1S/C15H18BrNO3S/c1-21(19,20)14-6-2-10(3-7-14)15(18)17-12-4-5-13(17)9-11(16)8-12/h2-3,6-7,11-13H,4-5,8-9H2,1H3. The molecule has 1 amide bonds. The molecule has 0 aromatic heterocycles. The fourth-order valence-electron chi connectivity index (χ4n) is 3.44. The van der Waals surface area contributed by atoms with Crippen molar-refractivity contribution in [1.29, 1.82) is 0 Å². The van der Waals surface area contributed by atoms with Crippen molar-refractivity contribution in [3.05, 3.63) is 29.8 Å². The summed E-state index contributed by atoms with van der Waals surface area (Å²) in [5, 5.41) is 0. The average molecular weight is 372 g/mol. The molecule has 3 rings (SSSR count). The van der Waals surface area contributed by atoms with Crippen LogP contribution in [0.5, 0.6) is 0 Å². The molecule has 2 atom stereocenters. The van der Waals surface area contributed by atoms with Crippen molar-refractivity contribution < 1.29 is 13.2 Å². The normalized spacial score (nSPS) is 28.7. The molecule has 6 heteroatoms. The SMILES string of the molecule is CS(=O)(=O)c1ccc(C(=O)N2C3CCC2CC(Br)C3)cc1. The van der Waals surface area contributed by atoms with Crippen LogP contribution in [0.4, 0.5) is 0 Å². The maximum atomic E-state index is 12.7. The van der Waals surface area contributed by atoms with Crippen molar-refractivity contribution in [1.82, 2.24) is 4.90 Å². The number of carbonyl (C=O) groups is 1. The predicted octanol–water partition coefficient (Wildman–Crippen LogP) is 2.62. The minimum absolute atomic E-state index is 0.0296. The summed E-state index contributed by atoms with van der Waals surface area (Å²) >= 11 is 3.67. The van der Waals surface area contributed by atoms with Crippen LogP contribution in [0.25, 0.3) is 0 Å². The largest absolute Gasteiger partial charge is 0.333 e. The van der Waals surface area contributed by atoms with E-state index >= 15 is 0 Å². The molecule has 2 heterocycles. The number of carbonyl (C=O) groups excluding carboxylic acids is 1. The number of sulfone groups is 1. The van der Waals surface area contributed by atoms with E-state index in [2.05, 4.69) is 15.9 Å². The Balaban J connectivity index is 1.83. The molecule has 21 heavy (non-hydrogen) atoms.